The molecular formula is C12H20BrN3O. The first-order valence-electron chi connectivity index (χ1n) is 5.82. The van der Waals surface area contributed by atoms with Crippen LogP contribution in [0, 0.1) is 5.92 Å². The van der Waals surface area contributed by atoms with Gasteiger partial charge in [0.2, 0.25) is 0 Å². The van der Waals surface area contributed by atoms with Crippen molar-refractivity contribution in [1.29, 1.82) is 0 Å². The molecule has 0 fully saturated rings. The van der Waals surface area contributed by atoms with E-state index in [0.717, 1.165) is 30.9 Å². The smallest absolute Gasteiger partial charge is 0.265 e. The second-order valence-corrected chi connectivity index (χ2v) is 5.72. The highest BCUT2D eigenvalue weighted by atomic mass is 79.9. The van der Waals surface area contributed by atoms with E-state index >= 15 is 0 Å². The Balaban J connectivity index is 2.93. The van der Waals surface area contributed by atoms with Crippen molar-refractivity contribution in [3.8, 4) is 0 Å². The lowest BCUT2D eigenvalue weighted by Gasteiger charge is -2.11. The van der Waals surface area contributed by atoms with Crippen molar-refractivity contribution in [3.05, 3.63) is 26.3 Å². The molecule has 1 N–H and O–H groups in total. The topological polar surface area (TPSA) is 49.0 Å². The van der Waals surface area contributed by atoms with E-state index in [1.165, 1.54) is 0 Å². The largest absolute Gasteiger partial charge is 0.310 e. The number of H-pyrrole nitrogens is 1. The van der Waals surface area contributed by atoms with Crippen molar-refractivity contribution < 1.29 is 0 Å². The number of hydrogen-bond donors (Lipinski definition) is 1. The zero-order chi connectivity index (χ0) is 13.0. The Hall–Kier alpha value is -0.680. The zero-order valence-corrected chi connectivity index (χ0v) is 12.5. The lowest BCUT2D eigenvalue weighted by atomic mass is 10.1. The average molecular weight is 302 g/mol. The number of nitrogens with one attached hydrogen (secondary N) is 1. The van der Waals surface area contributed by atoms with Gasteiger partial charge in [0.1, 0.15) is 10.3 Å². The summed E-state index contributed by atoms with van der Waals surface area (Å²) >= 11 is 3.31. The molecule has 1 aromatic heterocycles. The van der Waals surface area contributed by atoms with Crippen LogP contribution in [0.4, 0.5) is 0 Å². The Labute approximate surface area is 111 Å². The van der Waals surface area contributed by atoms with E-state index in [1.807, 2.05) is 14.1 Å². The molecule has 0 bridgehead atoms. The van der Waals surface area contributed by atoms with Gasteiger partial charge in [0, 0.05) is 13.0 Å². The minimum absolute atomic E-state index is 0.0793. The summed E-state index contributed by atoms with van der Waals surface area (Å²) < 4.78 is 0.569. The van der Waals surface area contributed by atoms with E-state index in [9.17, 15) is 4.79 Å². The molecule has 5 heteroatoms. The number of aromatic nitrogens is 2. The standard InChI is InChI=1S/C12H20BrN3O/c1-8(2)7-9-11(13)12(17)15-10(14-9)5-6-16(3)4/h8H,5-7H2,1-4H3,(H,14,15,17). The molecule has 17 heavy (non-hydrogen) atoms. The van der Waals surface area contributed by atoms with Crippen LogP contribution in [0.1, 0.15) is 25.4 Å². The van der Waals surface area contributed by atoms with E-state index in [-0.39, 0.29) is 5.56 Å². The lowest BCUT2D eigenvalue weighted by Crippen LogP contribution is -2.21. The van der Waals surface area contributed by atoms with Gasteiger partial charge in [-0.15, -0.1) is 0 Å². The van der Waals surface area contributed by atoms with E-state index in [1.54, 1.807) is 0 Å². The maximum absolute atomic E-state index is 11.7. The highest BCUT2D eigenvalue weighted by molar-refractivity contribution is 9.10. The van der Waals surface area contributed by atoms with Crippen molar-refractivity contribution in [1.82, 2.24) is 14.9 Å². The van der Waals surface area contributed by atoms with Crippen molar-refractivity contribution in [3.63, 3.8) is 0 Å². The molecule has 0 aliphatic carbocycles. The first-order valence-corrected chi connectivity index (χ1v) is 6.61. The average Bonchev–Trinajstić information content (AvgIpc) is 2.21. The van der Waals surface area contributed by atoms with E-state index in [0.29, 0.717) is 10.4 Å². The number of likely N-dealkylation sites (N-methyl/N-ethyl adjacent to an activating group) is 1. The molecule has 0 atom stereocenters. The molecule has 0 aromatic carbocycles. The first-order chi connectivity index (χ1) is 7.90. The normalized spacial score (nSPS) is 11.5. The highest BCUT2D eigenvalue weighted by Gasteiger charge is 2.10. The number of nitrogens with zero attached hydrogens (tertiary/aromatic N) is 2. The van der Waals surface area contributed by atoms with Crippen LogP contribution < -0.4 is 5.56 Å². The number of halogens is 1. The van der Waals surface area contributed by atoms with Gasteiger partial charge in [0.15, 0.2) is 0 Å². The predicted octanol–water partition coefficient (Wildman–Crippen LogP) is 1.84. The minimum atomic E-state index is -0.0793. The molecule has 0 spiro atoms. The third-order valence-corrected chi connectivity index (χ3v) is 3.20. The van der Waals surface area contributed by atoms with Crippen molar-refractivity contribution >= 4 is 15.9 Å². The van der Waals surface area contributed by atoms with Crippen molar-refractivity contribution in [2.75, 3.05) is 20.6 Å². The summed E-state index contributed by atoms with van der Waals surface area (Å²) in [5.41, 5.74) is 0.780. The summed E-state index contributed by atoms with van der Waals surface area (Å²) in [6.07, 6.45) is 1.58. The maximum atomic E-state index is 11.7. The van der Waals surface area contributed by atoms with Gasteiger partial charge in [-0.25, -0.2) is 4.98 Å². The fourth-order valence-corrected chi connectivity index (χ4v) is 1.88. The van der Waals surface area contributed by atoms with Crippen molar-refractivity contribution in [2.45, 2.75) is 26.7 Å². The summed E-state index contributed by atoms with van der Waals surface area (Å²) in [6, 6.07) is 0. The zero-order valence-electron chi connectivity index (χ0n) is 10.9. The molecule has 4 nitrogen and oxygen atoms in total. The van der Waals surface area contributed by atoms with Gasteiger partial charge in [-0.2, -0.15) is 0 Å². The number of hydrogen-bond acceptors (Lipinski definition) is 3. The van der Waals surface area contributed by atoms with Gasteiger partial charge in [-0.1, -0.05) is 13.8 Å². The highest BCUT2D eigenvalue weighted by Crippen LogP contribution is 2.13. The molecule has 0 unspecified atom stereocenters. The molecule has 1 rings (SSSR count). The number of aromatic amines is 1. The van der Waals surface area contributed by atoms with Crippen LogP contribution in [0.25, 0.3) is 0 Å². The third-order valence-electron chi connectivity index (χ3n) is 2.38. The van der Waals surface area contributed by atoms with E-state index in [4.69, 9.17) is 0 Å². The van der Waals surface area contributed by atoms with Crippen LogP contribution in [0.5, 0.6) is 0 Å². The monoisotopic (exact) mass is 301 g/mol. The Morgan fingerprint density at radius 1 is 1.41 bits per heavy atom. The Morgan fingerprint density at radius 2 is 2.06 bits per heavy atom. The molecule has 0 amide bonds. The summed E-state index contributed by atoms with van der Waals surface area (Å²) in [5, 5.41) is 0. The van der Waals surface area contributed by atoms with Crippen molar-refractivity contribution in [2.24, 2.45) is 5.92 Å². The second kappa shape index (κ2) is 6.31. The molecule has 1 heterocycles. The van der Waals surface area contributed by atoms with E-state index < -0.39 is 0 Å². The molecule has 0 saturated carbocycles. The van der Waals surface area contributed by atoms with Gasteiger partial charge in [-0.3, -0.25) is 4.79 Å². The maximum Gasteiger partial charge on any atom is 0.265 e. The fraction of sp³-hybridized carbons (Fsp3) is 0.667. The molecule has 96 valence electrons. The Kier molecular flexibility index (Phi) is 5.33. The quantitative estimate of drug-likeness (QED) is 0.903. The van der Waals surface area contributed by atoms with Crippen LogP contribution in [-0.4, -0.2) is 35.5 Å². The van der Waals surface area contributed by atoms with Crippen LogP contribution in [0.2, 0.25) is 0 Å². The number of rotatable bonds is 5. The fourth-order valence-electron chi connectivity index (χ4n) is 1.53. The second-order valence-electron chi connectivity index (χ2n) is 4.92. The molecule has 0 aliphatic heterocycles. The Bertz CT molecular complexity index is 426. The lowest BCUT2D eigenvalue weighted by molar-refractivity contribution is 0.408. The van der Waals surface area contributed by atoms with Gasteiger partial charge in [0.25, 0.3) is 5.56 Å². The predicted molar refractivity (Wildman–Crippen MR) is 73.4 cm³/mol. The van der Waals surface area contributed by atoms with E-state index in [2.05, 4.69) is 44.6 Å². The van der Waals surface area contributed by atoms with Gasteiger partial charge in [-0.05, 0) is 42.4 Å². The summed E-state index contributed by atoms with van der Waals surface area (Å²) in [7, 11) is 4.01. The SMILES string of the molecule is CC(C)Cc1nc(CCN(C)C)[nH]c(=O)c1Br. The minimum Gasteiger partial charge on any atom is -0.310 e. The van der Waals surface area contributed by atoms with Gasteiger partial charge in [0.05, 0.1) is 5.69 Å². The summed E-state index contributed by atoms with van der Waals surface area (Å²) in [6.45, 7) is 5.12. The van der Waals surface area contributed by atoms with Gasteiger partial charge >= 0.3 is 0 Å². The summed E-state index contributed by atoms with van der Waals surface area (Å²) in [4.78, 5) is 21.1. The molecule has 1 aromatic rings. The molecule has 0 radical (unpaired) electrons. The van der Waals surface area contributed by atoms with Crippen LogP contribution in [0.15, 0.2) is 9.27 Å². The molecule has 0 aliphatic rings. The third kappa shape index (κ3) is 4.60. The Morgan fingerprint density at radius 3 is 2.59 bits per heavy atom. The molecule has 0 saturated heterocycles. The van der Waals surface area contributed by atoms with Crippen LogP contribution >= 0.6 is 15.9 Å². The van der Waals surface area contributed by atoms with Crippen LogP contribution in [0.3, 0.4) is 0 Å². The summed E-state index contributed by atoms with van der Waals surface area (Å²) in [5.74, 6) is 1.25. The van der Waals surface area contributed by atoms with Crippen LogP contribution in [-0.2, 0) is 12.8 Å². The molecular weight excluding hydrogens is 282 g/mol. The first kappa shape index (κ1) is 14.4. The van der Waals surface area contributed by atoms with Gasteiger partial charge < -0.3 is 9.88 Å².